The first kappa shape index (κ1) is 30.4. The summed E-state index contributed by atoms with van der Waals surface area (Å²) in [6, 6.07) is 9.86. The van der Waals surface area contributed by atoms with Crippen molar-refractivity contribution in [1.82, 2.24) is 24.8 Å². The van der Waals surface area contributed by atoms with Crippen molar-refractivity contribution in [3.63, 3.8) is 0 Å². The number of benzene rings is 2. The van der Waals surface area contributed by atoms with Crippen LogP contribution in [0.2, 0.25) is 0 Å². The second-order valence-corrected chi connectivity index (χ2v) is 12.3. The summed E-state index contributed by atoms with van der Waals surface area (Å²) in [5.74, 6) is -1.17. The average Bonchev–Trinajstić information content (AvgIpc) is 3.42. The van der Waals surface area contributed by atoms with Crippen LogP contribution in [-0.2, 0) is 32.7 Å². The number of hydrogen-bond donors (Lipinski definition) is 2. The van der Waals surface area contributed by atoms with E-state index in [1.165, 1.54) is 6.20 Å². The molecule has 5 rings (SSSR count). The predicted octanol–water partition coefficient (Wildman–Crippen LogP) is 2.62. The Morgan fingerprint density at radius 1 is 1.12 bits per heavy atom. The lowest BCUT2D eigenvalue weighted by molar-refractivity contribution is -0.274. The van der Waals surface area contributed by atoms with Crippen LogP contribution in [-0.4, -0.2) is 73.0 Å². The van der Waals surface area contributed by atoms with Gasteiger partial charge in [-0.15, -0.1) is 13.2 Å². The lowest BCUT2D eigenvalue weighted by Crippen LogP contribution is -2.60. The molecule has 1 saturated heterocycles. The topological polar surface area (TPSA) is 147 Å². The number of H-pyrrole nitrogens is 1. The van der Waals surface area contributed by atoms with Gasteiger partial charge in [0, 0.05) is 33.3 Å². The van der Waals surface area contributed by atoms with E-state index in [0.717, 1.165) is 51.0 Å². The molecule has 2 aromatic heterocycles. The number of fused-ring (bicyclic) bond motifs is 1. The minimum Gasteiger partial charge on any atom is -0.406 e. The second-order valence-electron chi connectivity index (χ2n) is 9.47. The molecule has 12 nitrogen and oxygen atoms in total. The standard InChI is InChI=1S/C26H25F3N6O6S2/c1-40-15-17-4-2-16(3-5-17)12-30-23(36)21-14-34(25-32-20-13-31-33-24(37)22(20)42-25)10-11-35(21)43(38,39)19-8-6-18(7-9-19)41-26(27,28)29/h2-9,13,21H,10-12,14-15H2,1H3,(H,30,36)(H,33,37)/t21-/m1/s1. The highest BCUT2D eigenvalue weighted by Crippen LogP contribution is 2.31. The van der Waals surface area contributed by atoms with Crippen molar-refractivity contribution in [3.05, 3.63) is 76.2 Å². The maximum absolute atomic E-state index is 13.7. The lowest BCUT2D eigenvalue weighted by atomic mass is 10.1. The summed E-state index contributed by atoms with van der Waals surface area (Å²) in [4.78, 5) is 31.6. The molecule has 1 atom stereocenters. The van der Waals surface area contributed by atoms with Crippen LogP contribution < -0.4 is 20.5 Å². The quantitative estimate of drug-likeness (QED) is 0.283. The number of carbonyl (C=O) groups excluding carboxylic acids is 1. The summed E-state index contributed by atoms with van der Waals surface area (Å²) in [6.07, 6.45) is -3.54. The molecule has 0 aliphatic carbocycles. The average molecular weight is 639 g/mol. The van der Waals surface area contributed by atoms with Crippen molar-refractivity contribution in [2.45, 2.75) is 30.5 Å². The first-order valence-electron chi connectivity index (χ1n) is 12.8. The van der Waals surface area contributed by atoms with Crippen LogP contribution in [0.5, 0.6) is 5.75 Å². The Balaban J connectivity index is 1.40. The molecule has 0 bridgehead atoms. The summed E-state index contributed by atoms with van der Waals surface area (Å²) >= 11 is 1.09. The smallest absolute Gasteiger partial charge is 0.406 e. The van der Waals surface area contributed by atoms with Crippen LogP contribution in [0, 0.1) is 0 Å². The van der Waals surface area contributed by atoms with Crippen LogP contribution in [0.15, 0.2) is 64.4 Å². The fraction of sp³-hybridized carbons (Fsp3) is 0.308. The third kappa shape index (κ3) is 6.96. The molecule has 2 aromatic carbocycles. The Hall–Kier alpha value is -4.06. The number of aromatic nitrogens is 3. The first-order valence-corrected chi connectivity index (χ1v) is 15.0. The zero-order chi connectivity index (χ0) is 30.8. The summed E-state index contributed by atoms with van der Waals surface area (Å²) in [5, 5.41) is 9.28. The monoisotopic (exact) mass is 638 g/mol. The van der Waals surface area contributed by atoms with Gasteiger partial charge in [0.1, 0.15) is 22.0 Å². The van der Waals surface area contributed by atoms with Gasteiger partial charge in [0.25, 0.3) is 5.56 Å². The number of anilines is 1. The SMILES string of the molecule is COCc1ccc(CNC(=O)[C@H]2CN(c3nc4cn[nH]c(=O)c4s3)CCN2S(=O)(=O)c2ccc(OC(F)(F)F)cc2)cc1. The molecule has 0 unspecified atom stereocenters. The van der Waals surface area contributed by atoms with Crippen LogP contribution in [0.25, 0.3) is 10.2 Å². The number of nitrogens with zero attached hydrogens (tertiary/aromatic N) is 4. The molecule has 1 aliphatic rings. The number of nitrogens with one attached hydrogen (secondary N) is 2. The largest absolute Gasteiger partial charge is 0.573 e. The number of methoxy groups -OCH3 is 1. The van der Waals surface area contributed by atoms with Crippen molar-refractivity contribution in [2.75, 3.05) is 31.6 Å². The normalized spacial score (nSPS) is 16.4. The van der Waals surface area contributed by atoms with E-state index in [1.807, 2.05) is 24.3 Å². The Kier molecular flexibility index (Phi) is 8.68. The van der Waals surface area contributed by atoms with E-state index in [2.05, 4.69) is 25.2 Å². The number of hydrogen-bond acceptors (Lipinski definition) is 10. The van der Waals surface area contributed by atoms with E-state index in [0.29, 0.717) is 22.0 Å². The van der Waals surface area contributed by atoms with Gasteiger partial charge in [0.15, 0.2) is 5.13 Å². The van der Waals surface area contributed by atoms with Crippen molar-refractivity contribution in [2.24, 2.45) is 0 Å². The van der Waals surface area contributed by atoms with Crippen LogP contribution in [0.1, 0.15) is 11.1 Å². The first-order chi connectivity index (χ1) is 20.4. The highest BCUT2D eigenvalue weighted by molar-refractivity contribution is 7.89. The molecule has 2 N–H and O–H groups in total. The van der Waals surface area contributed by atoms with Crippen molar-refractivity contribution < 1.29 is 35.9 Å². The lowest BCUT2D eigenvalue weighted by Gasteiger charge is -2.39. The number of thiazole rings is 1. The Labute approximate surface area is 247 Å². The van der Waals surface area contributed by atoms with Gasteiger partial charge in [-0.1, -0.05) is 35.6 Å². The van der Waals surface area contributed by atoms with Crippen molar-refractivity contribution >= 4 is 42.6 Å². The molecule has 1 fully saturated rings. The Bertz CT molecular complexity index is 1760. The number of sulfonamides is 1. The van der Waals surface area contributed by atoms with Crippen molar-refractivity contribution in [3.8, 4) is 5.75 Å². The Morgan fingerprint density at radius 2 is 1.81 bits per heavy atom. The fourth-order valence-corrected chi connectivity index (χ4v) is 7.06. The molecule has 17 heteroatoms. The molecular formula is C26H25F3N6O6S2. The zero-order valence-corrected chi connectivity index (χ0v) is 24.1. The highest BCUT2D eigenvalue weighted by Gasteiger charge is 2.41. The van der Waals surface area contributed by atoms with E-state index >= 15 is 0 Å². The minimum absolute atomic E-state index is 0.0989. The molecule has 3 heterocycles. The molecule has 1 aliphatic heterocycles. The summed E-state index contributed by atoms with van der Waals surface area (Å²) in [7, 11) is -2.76. The molecule has 1 amide bonds. The second kappa shape index (κ2) is 12.3. The van der Waals surface area contributed by atoms with E-state index in [9.17, 15) is 31.2 Å². The van der Waals surface area contributed by atoms with Crippen molar-refractivity contribution in [1.29, 1.82) is 0 Å². The Morgan fingerprint density at radius 3 is 2.47 bits per heavy atom. The summed E-state index contributed by atoms with van der Waals surface area (Å²) in [5.41, 5.74) is 1.65. The number of carbonyl (C=O) groups is 1. The number of piperazine rings is 1. The predicted molar refractivity (Wildman–Crippen MR) is 150 cm³/mol. The van der Waals surface area contributed by atoms with E-state index in [-0.39, 0.29) is 31.1 Å². The summed E-state index contributed by atoms with van der Waals surface area (Å²) in [6.45, 7) is 0.427. The number of ether oxygens (including phenoxy) is 2. The molecule has 228 valence electrons. The van der Waals surface area contributed by atoms with E-state index in [4.69, 9.17) is 4.74 Å². The van der Waals surface area contributed by atoms with Gasteiger partial charge < -0.3 is 19.7 Å². The van der Waals surface area contributed by atoms with Gasteiger partial charge >= 0.3 is 6.36 Å². The number of aromatic amines is 1. The zero-order valence-electron chi connectivity index (χ0n) is 22.5. The number of amides is 1. The molecule has 4 aromatic rings. The van der Waals surface area contributed by atoms with Gasteiger partial charge in [0.2, 0.25) is 15.9 Å². The van der Waals surface area contributed by atoms with E-state index in [1.54, 1.807) is 12.0 Å². The van der Waals surface area contributed by atoms with E-state index < -0.39 is 39.6 Å². The van der Waals surface area contributed by atoms with Gasteiger partial charge in [-0.25, -0.2) is 18.5 Å². The third-order valence-electron chi connectivity index (χ3n) is 6.57. The summed E-state index contributed by atoms with van der Waals surface area (Å²) < 4.78 is 75.4. The minimum atomic E-state index is -4.94. The number of rotatable bonds is 9. The number of alkyl halides is 3. The molecule has 0 spiro atoms. The maximum Gasteiger partial charge on any atom is 0.573 e. The third-order valence-corrected chi connectivity index (χ3v) is 9.62. The molecule has 43 heavy (non-hydrogen) atoms. The van der Waals surface area contributed by atoms with Gasteiger partial charge in [0.05, 0.1) is 17.7 Å². The molecular weight excluding hydrogens is 613 g/mol. The van der Waals surface area contributed by atoms with Gasteiger partial charge in [-0.3, -0.25) is 9.59 Å². The van der Waals surface area contributed by atoms with Crippen LogP contribution in [0.3, 0.4) is 0 Å². The molecule has 0 radical (unpaired) electrons. The molecule has 0 saturated carbocycles. The maximum atomic E-state index is 13.7. The van der Waals surface area contributed by atoms with Gasteiger partial charge in [-0.05, 0) is 35.4 Å². The fourth-order valence-electron chi connectivity index (χ4n) is 4.53. The van der Waals surface area contributed by atoms with Crippen LogP contribution in [0.4, 0.5) is 18.3 Å². The van der Waals surface area contributed by atoms with Gasteiger partial charge in [-0.2, -0.15) is 9.40 Å². The number of halogens is 3. The van der Waals surface area contributed by atoms with Crippen LogP contribution >= 0.6 is 11.3 Å². The highest BCUT2D eigenvalue weighted by atomic mass is 32.2.